The molecule has 0 unspecified atom stereocenters. The highest BCUT2D eigenvalue weighted by Gasteiger charge is 2.32. The Morgan fingerprint density at radius 3 is 0.680 bits per heavy atom. The van der Waals surface area contributed by atoms with Gasteiger partial charge in [-0.2, -0.15) is 9.13 Å². The number of methoxy groups -OCH3 is 4. The van der Waals surface area contributed by atoms with Crippen LogP contribution in [0.3, 0.4) is 0 Å². The number of hydrogen-bond donors (Lipinski definition) is 0. The molecule has 0 spiro atoms. The van der Waals surface area contributed by atoms with Gasteiger partial charge < -0.3 is 18.9 Å². The average Bonchev–Trinajstić information content (AvgIpc) is 3.17. The first-order chi connectivity index (χ1) is 24.4. The van der Waals surface area contributed by atoms with Crippen molar-refractivity contribution in [2.45, 2.75) is 0 Å². The van der Waals surface area contributed by atoms with Crippen LogP contribution in [-0.2, 0) is 14.1 Å². The predicted octanol–water partition coefficient (Wildman–Crippen LogP) is 8.94. The molecule has 0 saturated carbocycles. The van der Waals surface area contributed by atoms with E-state index >= 15 is 0 Å². The molecule has 0 N–H and O–H groups in total. The molecule has 0 radical (unpaired) electrons. The van der Waals surface area contributed by atoms with Crippen molar-refractivity contribution >= 4 is 32.3 Å². The number of nitrogens with zero attached hydrogens (tertiary/aromatic N) is 2. The average molecular weight is 659 g/mol. The fraction of sp³-hybridized carbons (Fsp3) is 0.136. The van der Waals surface area contributed by atoms with Crippen molar-refractivity contribution in [2.75, 3.05) is 28.4 Å². The normalized spacial score (nSPS) is 11.4. The van der Waals surface area contributed by atoms with Gasteiger partial charge in [-0.3, -0.25) is 0 Å². The van der Waals surface area contributed by atoms with E-state index in [1.165, 1.54) is 32.3 Å². The second-order valence-electron chi connectivity index (χ2n) is 12.5. The highest BCUT2D eigenvalue weighted by atomic mass is 16.5. The van der Waals surface area contributed by atoms with Crippen LogP contribution >= 0.6 is 0 Å². The Morgan fingerprint density at radius 1 is 0.300 bits per heavy atom. The Hall–Kier alpha value is -6.14. The lowest BCUT2D eigenvalue weighted by Gasteiger charge is -2.19. The smallest absolute Gasteiger partial charge is 0.220 e. The maximum Gasteiger partial charge on any atom is 0.220 e. The maximum atomic E-state index is 5.54. The fourth-order valence-corrected chi connectivity index (χ4v) is 7.62. The molecule has 0 fully saturated rings. The first-order valence-corrected chi connectivity index (χ1v) is 16.6. The zero-order valence-corrected chi connectivity index (χ0v) is 29.1. The van der Waals surface area contributed by atoms with Crippen LogP contribution in [0.15, 0.2) is 121 Å². The molecule has 6 heteroatoms. The highest BCUT2D eigenvalue weighted by molar-refractivity contribution is 6.29. The van der Waals surface area contributed by atoms with E-state index in [-0.39, 0.29) is 0 Å². The largest absolute Gasteiger partial charge is 0.497 e. The van der Waals surface area contributed by atoms with Crippen LogP contribution in [-0.4, -0.2) is 28.4 Å². The molecular weight excluding hydrogens is 620 g/mol. The summed E-state index contributed by atoms with van der Waals surface area (Å²) in [6, 6.07) is 42.6. The molecule has 6 nitrogen and oxygen atoms in total. The van der Waals surface area contributed by atoms with Gasteiger partial charge in [-0.15, -0.1) is 0 Å². The molecule has 0 amide bonds. The van der Waals surface area contributed by atoms with Crippen molar-refractivity contribution in [3.63, 3.8) is 0 Å². The summed E-state index contributed by atoms with van der Waals surface area (Å²) in [7, 11) is 11.1. The molecule has 8 rings (SSSR count). The second-order valence-corrected chi connectivity index (χ2v) is 12.5. The molecule has 0 aliphatic heterocycles. The summed E-state index contributed by atoms with van der Waals surface area (Å²) < 4.78 is 26.8. The molecule has 2 heterocycles. The van der Waals surface area contributed by atoms with Crippen LogP contribution in [0.5, 0.6) is 23.0 Å². The Morgan fingerprint density at radius 2 is 0.500 bits per heavy atom. The van der Waals surface area contributed by atoms with Crippen molar-refractivity contribution in [1.82, 2.24) is 0 Å². The fourth-order valence-electron chi connectivity index (χ4n) is 7.62. The third kappa shape index (κ3) is 4.86. The van der Waals surface area contributed by atoms with E-state index in [0.29, 0.717) is 0 Å². The monoisotopic (exact) mass is 658 g/mol. The van der Waals surface area contributed by atoms with Crippen LogP contribution in [0.1, 0.15) is 0 Å². The first kappa shape index (κ1) is 31.1. The van der Waals surface area contributed by atoms with E-state index in [9.17, 15) is 0 Å². The standard InChI is InChI=1S/C44H38N2O4/c1-45-41(27-7-15-31(47-3)16-8-27)35-23-25-37-40-38(26-24-36(39(35)40)42(45)28-9-17-32(48-4)18-10-28)44(30-13-21-34(50-6)22-14-30)46(2)43(37)29-11-19-33(49-5)20-12-29/h7-26H,1-6H3/q+2. The van der Waals surface area contributed by atoms with Gasteiger partial charge in [0.25, 0.3) is 0 Å². The molecule has 0 saturated heterocycles. The lowest BCUT2D eigenvalue weighted by Crippen LogP contribution is -2.36. The highest BCUT2D eigenvalue weighted by Crippen LogP contribution is 2.45. The van der Waals surface area contributed by atoms with Crippen LogP contribution in [0.25, 0.3) is 77.3 Å². The molecule has 0 aliphatic carbocycles. The Kier molecular flexibility index (Phi) is 7.72. The van der Waals surface area contributed by atoms with E-state index < -0.39 is 0 Å². The number of ether oxygens (including phenoxy) is 4. The van der Waals surface area contributed by atoms with E-state index in [0.717, 1.165) is 68.0 Å². The number of hydrogen-bond acceptors (Lipinski definition) is 4. The first-order valence-electron chi connectivity index (χ1n) is 16.6. The Bertz CT molecular complexity index is 2160. The lowest BCUT2D eigenvalue weighted by molar-refractivity contribution is -0.647. The SMILES string of the molecule is COc1ccc(-c2c3ccc4c(-c5ccc(OC)cc5)[n+](C)c(-c5ccc(OC)cc5)c5ccc(c(-c6ccc(OC)cc6)[n+]2C)c3c45)cc1. The number of aromatic nitrogens is 2. The molecule has 0 atom stereocenters. The number of benzene rings is 6. The predicted molar refractivity (Wildman–Crippen MR) is 200 cm³/mol. The van der Waals surface area contributed by atoms with Crippen molar-refractivity contribution in [1.29, 1.82) is 0 Å². The summed E-state index contributed by atoms with van der Waals surface area (Å²) in [5.74, 6) is 3.30. The van der Waals surface area contributed by atoms with Gasteiger partial charge in [-0.05, 0) is 121 Å². The second kappa shape index (κ2) is 12.4. The van der Waals surface area contributed by atoms with E-state index in [1.54, 1.807) is 28.4 Å². The van der Waals surface area contributed by atoms with E-state index in [2.05, 4.69) is 96.0 Å². The summed E-state index contributed by atoms with van der Waals surface area (Å²) in [6.07, 6.45) is 0. The Balaban J connectivity index is 1.56. The summed E-state index contributed by atoms with van der Waals surface area (Å²) in [4.78, 5) is 0. The minimum Gasteiger partial charge on any atom is -0.497 e. The van der Waals surface area contributed by atoms with Crippen molar-refractivity contribution < 1.29 is 28.1 Å². The number of pyridine rings is 2. The Labute approximate surface area is 291 Å². The van der Waals surface area contributed by atoms with Gasteiger partial charge in [0.05, 0.1) is 50.0 Å². The summed E-state index contributed by atoms with van der Waals surface area (Å²) in [5, 5.41) is 7.16. The molecule has 2 aromatic heterocycles. The van der Waals surface area contributed by atoms with Crippen molar-refractivity contribution in [3.05, 3.63) is 121 Å². The van der Waals surface area contributed by atoms with E-state index in [4.69, 9.17) is 18.9 Å². The van der Waals surface area contributed by atoms with Crippen LogP contribution in [0.4, 0.5) is 0 Å². The zero-order valence-electron chi connectivity index (χ0n) is 29.1. The summed E-state index contributed by atoms with van der Waals surface area (Å²) in [6.45, 7) is 0. The van der Waals surface area contributed by atoms with Gasteiger partial charge in [0.2, 0.25) is 22.8 Å². The number of rotatable bonds is 8. The van der Waals surface area contributed by atoms with Crippen LogP contribution < -0.4 is 28.1 Å². The molecular formula is C44H38N2O4+2. The van der Waals surface area contributed by atoms with Crippen LogP contribution in [0.2, 0.25) is 0 Å². The molecule has 0 aliphatic rings. The van der Waals surface area contributed by atoms with Gasteiger partial charge in [-0.1, -0.05) is 0 Å². The topological polar surface area (TPSA) is 44.7 Å². The third-order valence-corrected chi connectivity index (χ3v) is 9.98. The summed E-state index contributed by atoms with van der Waals surface area (Å²) in [5.41, 5.74) is 8.96. The minimum absolute atomic E-state index is 0.824. The summed E-state index contributed by atoms with van der Waals surface area (Å²) >= 11 is 0. The molecule has 6 aromatic carbocycles. The van der Waals surface area contributed by atoms with Gasteiger partial charge in [-0.25, -0.2) is 0 Å². The minimum atomic E-state index is 0.824. The van der Waals surface area contributed by atoms with Gasteiger partial charge in [0.1, 0.15) is 37.1 Å². The maximum absolute atomic E-state index is 5.54. The van der Waals surface area contributed by atoms with Crippen molar-refractivity contribution in [2.24, 2.45) is 14.1 Å². The zero-order chi connectivity index (χ0) is 34.5. The third-order valence-electron chi connectivity index (χ3n) is 9.98. The molecule has 50 heavy (non-hydrogen) atoms. The van der Waals surface area contributed by atoms with Gasteiger partial charge >= 0.3 is 0 Å². The van der Waals surface area contributed by atoms with Gasteiger partial charge in [0, 0.05) is 33.0 Å². The molecule has 8 aromatic rings. The van der Waals surface area contributed by atoms with E-state index in [1.807, 2.05) is 48.5 Å². The van der Waals surface area contributed by atoms with Crippen LogP contribution in [0, 0.1) is 0 Å². The molecule has 0 bridgehead atoms. The molecule has 246 valence electrons. The lowest BCUT2D eigenvalue weighted by atomic mass is 9.87. The van der Waals surface area contributed by atoms with Crippen molar-refractivity contribution in [3.8, 4) is 68.0 Å². The quantitative estimate of drug-likeness (QED) is 0.121. The van der Waals surface area contributed by atoms with Gasteiger partial charge in [0.15, 0.2) is 0 Å².